The Balaban J connectivity index is 0. The molecule has 0 aliphatic carbocycles. The van der Waals surface area contributed by atoms with Gasteiger partial charge in [0, 0.05) is 0 Å². The number of hydrogen-bond donors (Lipinski definition) is 0. The van der Waals surface area contributed by atoms with Gasteiger partial charge in [-0.3, -0.25) is 0 Å². The standard InChI is InChI=1S/C19H40S.BrH/c1-19(2,3)17-15-13-11-9-7-5-4-6-8-10-12-14-16-18-20;/h20H,4-18H2,1-3H3;1H. The van der Waals surface area contributed by atoms with Crippen LogP contribution in [0.4, 0.5) is 0 Å². The maximum Gasteiger partial charge on any atom is 0.103 e. The first-order valence-corrected chi connectivity index (χ1v) is 9.91. The summed E-state index contributed by atoms with van der Waals surface area (Å²) in [4.78, 5) is 0. The van der Waals surface area contributed by atoms with Crippen LogP contribution in [0.5, 0.6) is 0 Å². The zero-order valence-electron chi connectivity index (χ0n) is 15.0. The van der Waals surface area contributed by atoms with Gasteiger partial charge in [-0.2, -0.15) is 0 Å². The van der Waals surface area contributed by atoms with Crippen molar-refractivity contribution in [2.24, 2.45) is 5.41 Å². The smallest absolute Gasteiger partial charge is 0.103 e. The molecule has 130 valence electrons. The lowest BCUT2D eigenvalue weighted by molar-refractivity contribution is -0.00000508. The summed E-state index contributed by atoms with van der Waals surface area (Å²) in [5, 5.41) is 0. The van der Waals surface area contributed by atoms with Crippen LogP contribution in [0, 0.1) is 5.41 Å². The van der Waals surface area contributed by atoms with Gasteiger partial charge in [-0.1, -0.05) is 91.4 Å². The Kier molecular flexibility index (Phi) is 19.7. The second-order valence-corrected chi connectivity index (χ2v) is 8.16. The number of halogens is 1. The van der Waals surface area contributed by atoms with Crippen molar-refractivity contribution >= 4 is 12.6 Å². The minimum absolute atomic E-state index is 0. The zero-order chi connectivity index (χ0) is 15.1. The van der Waals surface area contributed by atoms with Crippen LogP contribution in [0.2, 0.25) is 0 Å². The van der Waals surface area contributed by atoms with Gasteiger partial charge in [-0.25, -0.2) is 0 Å². The molecule has 0 aromatic carbocycles. The molecule has 0 bridgehead atoms. The van der Waals surface area contributed by atoms with Crippen molar-refractivity contribution in [1.29, 1.82) is 0 Å². The summed E-state index contributed by atoms with van der Waals surface area (Å²) in [6.07, 6.45) is 20.2. The highest BCUT2D eigenvalue weighted by molar-refractivity contribution is 7.58. The van der Waals surface area contributed by atoms with Crippen LogP contribution in [0.3, 0.4) is 0 Å². The molecule has 0 saturated heterocycles. The third kappa shape index (κ3) is 23.2. The van der Waals surface area contributed by atoms with Gasteiger partial charge in [0.1, 0.15) is 5.75 Å². The van der Waals surface area contributed by atoms with E-state index >= 15 is 0 Å². The number of unbranched alkanes of at least 4 members (excludes halogenated alkanes) is 12. The fourth-order valence-corrected chi connectivity index (χ4v) is 2.97. The first kappa shape index (κ1) is 24.1. The van der Waals surface area contributed by atoms with Gasteiger partial charge < -0.3 is 17.0 Å². The van der Waals surface area contributed by atoms with Gasteiger partial charge in [0.15, 0.2) is 0 Å². The molecule has 2 heteroatoms. The van der Waals surface area contributed by atoms with E-state index in [1.807, 2.05) is 0 Å². The molecule has 0 saturated carbocycles. The minimum Gasteiger partial charge on any atom is -1.00 e. The first-order chi connectivity index (χ1) is 9.56. The third-order valence-corrected chi connectivity index (χ3v) is 4.46. The Hall–Kier alpha value is 0.830. The van der Waals surface area contributed by atoms with Crippen LogP contribution >= 0.6 is 0 Å². The molecule has 21 heavy (non-hydrogen) atoms. The third-order valence-electron chi connectivity index (χ3n) is 4.10. The summed E-state index contributed by atoms with van der Waals surface area (Å²) in [7, 11) is 0. The van der Waals surface area contributed by atoms with E-state index in [4.69, 9.17) is 0 Å². The molecule has 0 aliphatic rings. The van der Waals surface area contributed by atoms with Gasteiger partial charge >= 0.3 is 0 Å². The van der Waals surface area contributed by atoms with Gasteiger partial charge in [0.2, 0.25) is 0 Å². The molecule has 0 aliphatic heterocycles. The molecule has 0 atom stereocenters. The van der Waals surface area contributed by atoms with Crippen LogP contribution in [-0.2, 0) is 12.6 Å². The Morgan fingerprint density at radius 2 is 0.810 bits per heavy atom. The molecule has 0 rings (SSSR count). The monoisotopic (exact) mass is 380 g/mol. The Morgan fingerprint density at radius 3 is 1.10 bits per heavy atom. The summed E-state index contributed by atoms with van der Waals surface area (Å²) in [6, 6.07) is 0. The molecule has 0 radical (unpaired) electrons. The molecule has 0 spiro atoms. The summed E-state index contributed by atoms with van der Waals surface area (Å²) >= 11 is 3.54. The number of rotatable bonds is 14. The van der Waals surface area contributed by atoms with E-state index in [0.29, 0.717) is 5.41 Å². The zero-order valence-corrected chi connectivity index (χ0v) is 17.6. The lowest BCUT2D eigenvalue weighted by atomic mass is 9.89. The van der Waals surface area contributed by atoms with Crippen molar-refractivity contribution in [3.8, 4) is 0 Å². The minimum atomic E-state index is 0. The molecule has 0 amide bonds. The maximum atomic E-state index is 3.54. The fraction of sp³-hybridized carbons (Fsp3) is 1.00. The second-order valence-electron chi connectivity index (χ2n) is 7.66. The summed E-state index contributed by atoms with van der Waals surface area (Å²) in [5.74, 6) is 1.18. The highest BCUT2D eigenvalue weighted by atomic mass is 79.9. The Morgan fingerprint density at radius 1 is 0.524 bits per heavy atom. The van der Waals surface area contributed by atoms with Gasteiger partial charge in [-0.05, 0) is 37.3 Å². The van der Waals surface area contributed by atoms with Gasteiger partial charge in [0.05, 0.1) is 0 Å². The highest BCUT2D eigenvalue weighted by Crippen LogP contribution is 2.22. The number of hydrogen-bond acceptors (Lipinski definition) is 0. The average molecular weight is 382 g/mol. The maximum absolute atomic E-state index is 3.54. The van der Waals surface area contributed by atoms with Crippen molar-refractivity contribution in [1.82, 2.24) is 0 Å². The van der Waals surface area contributed by atoms with E-state index in [1.165, 1.54) is 95.6 Å². The van der Waals surface area contributed by atoms with E-state index in [0.717, 1.165) is 0 Å². The van der Waals surface area contributed by atoms with Crippen molar-refractivity contribution in [2.75, 3.05) is 5.75 Å². The van der Waals surface area contributed by atoms with Crippen LogP contribution < -0.4 is 17.0 Å². The van der Waals surface area contributed by atoms with E-state index < -0.39 is 0 Å². The van der Waals surface area contributed by atoms with E-state index in [-0.39, 0.29) is 17.0 Å². The molecular formula is C19H41BrS. The Labute approximate surface area is 151 Å². The van der Waals surface area contributed by atoms with Crippen molar-refractivity contribution < 1.29 is 17.0 Å². The van der Waals surface area contributed by atoms with Crippen LogP contribution in [0.25, 0.3) is 0 Å². The highest BCUT2D eigenvalue weighted by Gasteiger charge is 2.08. The predicted molar refractivity (Wildman–Crippen MR) is 99.1 cm³/mol. The largest absolute Gasteiger partial charge is 1.00 e. The van der Waals surface area contributed by atoms with Gasteiger partial charge in [0.25, 0.3) is 0 Å². The topological polar surface area (TPSA) is 0 Å². The molecule has 0 N–H and O–H groups in total. The Bertz CT molecular complexity index is 186. The molecule has 0 nitrogen and oxygen atoms in total. The van der Waals surface area contributed by atoms with Crippen molar-refractivity contribution in [2.45, 2.75) is 111 Å². The normalized spacial score (nSPS) is 11.4. The van der Waals surface area contributed by atoms with Gasteiger partial charge in [-0.15, -0.1) is 0 Å². The SMILES string of the molecule is CC(C)(C)CCCCCCCCCCCCCCC[SH2+].[Br-]. The predicted octanol–water partition coefficient (Wildman–Crippen LogP) is 3.51. The van der Waals surface area contributed by atoms with E-state index in [2.05, 4.69) is 33.4 Å². The molecule has 0 aromatic rings. The molecule has 0 aromatic heterocycles. The molecule has 0 fully saturated rings. The summed E-state index contributed by atoms with van der Waals surface area (Å²) in [6.45, 7) is 7.06. The molecule has 0 heterocycles. The first-order valence-electron chi connectivity index (χ1n) is 9.21. The molecular weight excluding hydrogens is 340 g/mol. The van der Waals surface area contributed by atoms with Crippen LogP contribution in [0.1, 0.15) is 111 Å². The summed E-state index contributed by atoms with van der Waals surface area (Å²) in [5.41, 5.74) is 0.536. The lowest BCUT2D eigenvalue weighted by Crippen LogP contribution is -3.00. The second kappa shape index (κ2) is 17.2. The van der Waals surface area contributed by atoms with Crippen molar-refractivity contribution in [3.05, 3.63) is 0 Å². The van der Waals surface area contributed by atoms with Crippen LogP contribution in [0.15, 0.2) is 0 Å². The summed E-state index contributed by atoms with van der Waals surface area (Å²) < 4.78 is 0. The average Bonchev–Trinajstić information content (AvgIpc) is 2.38. The lowest BCUT2D eigenvalue weighted by Gasteiger charge is -2.17. The van der Waals surface area contributed by atoms with E-state index in [1.54, 1.807) is 0 Å². The van der Waals surface area contributed by atoms with Crippen molar-refractivity contribution in [3.63, 3.8) is 0 Å². The van der Waals surface area contributed by atoms with E-state index in [9.17, 15) is 0 Å². The van der Waals surface area contributed by atoms with Crippen LogP contribution in [-0.4, -0.2) is 5.75 Å². The molecule has 0 unspecified atom stereocenters. The quantitative estimate of drug-likeness (QED) is 0.319. The fourth-order valence-electron chi connectivity index (χ4n) is 2.72.